The molecule has 0 N–H and O–H groups in total. The Morgan fingerprint density at radius 2 is 1.88 bits per heavy atom. The average Bonchev–Trinajstić information content (AvgIpc) is 2.26. The van der Waals surface area contributed by atoms with E-state index in [1.165, 1.54) is 5.56 Å². The summed E-state index contributed by atoms with van der Waals surface area (Å²) in [6, 6.07) is 8.31. The fraction of sp³-hybridized carbons (Fsp3) is 0.571. The summed E-state index contributed by atoms with van der Waals surface area (Å²) in [5.41, 5.74) is 1.25. The SMILES string of the molecule is CC(C)CC(C)OC(CI)c1ccccc1Br. The lowest BCUT2D eigenvalue weighted by Crippen LogP contribution is -2.17. The van der Waals surface area contributed by atoms with E-state index >= 15 is 0 Å². The van der Waals surface area contributed by atoms with E-state index in [-0.39, 0.29) is 6.10 Å². The Labute approximate surface area is 127 Å². The predicted molar refractivity (Wildman–Crippen MR) is 85.8 cm³/mol. The standard InChI is InChI=1S/C14H20BrIO/c1-10(2)8-11(3)17-14(9-16)12-6-4-5-7-13(12)15/h4-7,10-11,14H,8-9H2,1-3H3. The van der Waals surface area contributed by atoms with Crippen LogP contribution in [0.3, 0.4) is 0 Å². The second-order valence-corrected chi connectivity index (χ2v) is 6.48. The molecule has 17 heavy (non-hydrogen) atoms. The third-order valence-electron chi connectivity index (χ3n) is 2.59. The summed E-state index contributed by atoms with van der Waals surface area (Å²) in [6.07, 6.45) is 1.60. The van der Waals surface area contributed by atoms with Crippen molar-refractivity contribution in [3.63, 3.8) is 0 Å². The molecule has 2 atom stereocenters. The minimum atomic E-state index is 0.180. The first kappa shape index (κ1) is 15.4. The van der Waals surface area contributed by atoms with Crippen LogP contribution < -0.4 is 0 Å². The lowest BCUT2D eigenvalue weighted by atomic mass is 10.1. The van der Waals surface area contributed by atoms with Crippen molar-refractivity contribution in [2.24, 2.45) is 5.92 Å². The maximum absolute atomic E-state index is 6.14. The molecule has 0 saturated carbocycles. The van der Waals surface area contributed by atoms with Gasteiger partial charge in [-0.2, -0.15) is 0 Å². The van der Waals surface area contributed by atoms with Gasteiger partial charge in [-0.1, -0.05) is 70.6 Å². The number of halogens is 2. The van der Waals surface area contributed by atoms with Crippen LogP contribution >= 0.6 is 38.5 Å². The molecule has 3 heteroatoms. The van der Waals surface area contributed by atoms with Crippen molar-refractivity contribution in [3.05, 3.63) is 34.3 Å². The van der Waals surface area contributed by atoms with Crippen LogP contribution in [0.2, 0.25) is 0 Å². The molecule has 0 amide bonds. The van der Waals surface area contributed by atoms with Crippen molar-refractivity contribution in [3.8, 4) is 0 Å². The van der Waals surface area contributed by atoms with E-state index in [1.807, 2.05) is 6.07 Å². The number of rotatable bonds is 6. The molecule has 0 saturated heterocycles. The van der Waals surface area contributed by atoms with Crippen LogP contribution in [0.15, 0.2) is 28.7 Å². The van der Waals surface area contributed by atoms with Crippen molar-refractivity contribution in [2.75, 3.05) is 4.43 Å². The Balaban J connectivity index is 2.69. The predicted octanol–water partition coefficient (Wildman–Crippen LogP) is 5.38. The summed E-state index contributed by atoms with van der Waals surface area (Å²) in [5, 5.41) is 0. The van der Waals surface area contributed by atoms with E-state index in [1.54, 1.807) is 0 Å². The number of hydrogen-bond donors (Lipinski definition) is 0. The van der Waals surface area contributed by atoms with E-state index in [9.17, 15) is 0 Å². The maximum Gasteiger partial charge on any atom is 0.0928 e. The van der Waals surface area contributed by atoms with Gasteiger partial charge in [0.05, 0.1) is 12.2 Å². The molecule has 0 radical (unpaired) electrons. The van der Waals surface area contributed by atoms with Gasteiger partial charge < -0.3 is 4.74 Å². The minimum absolute atomic E-state index is 0.180. The Morgan fingerprint density at radius 3 is 2.41 bits per heavy atom. The topological polar surface area (TPSA) is 9.23 Å². The normalized spacial score (nSPS) is 14.9. The van der Waals surface area contributed by atoms with Crippen molar-refractivity contribution < 1.29 is 4.74 Å². The Hall–Kier alpha value is 0.390. The van der Waals surface area contributed by atoms with Gasteiger partial charge in [0.15, 0.2) is 0 Å². The van der Waals surface area contributed by atoms with Gasteiger partial charge in [0, 0.05) is 8.90 Å². The third kappa shape index (κ3) is 5.26. The van der Waals surface area contributed by atoms with E-state index < -0.39 is 0 Å². The molecule has 1 aromatic rings. The first-order valence-electron chi connectivity index (χ1n) is 6.00. The second-order valence-electron chi connectivity index (χ2n) is 4.74. The minimum Gasteiger partial charge on any atom is -0.370 e. The molecule has 0 aliphatic rings. The molecule has 2 unspecified atom stereocenters. The molecule has 0 spiro atoms. The molecule has 0 aliphatic carbocycles. The van der Waals surface area contributed by atoms with Crippen LogP contribution in [-0.4, -0.2) is 10.5 Å². The highest BCUT2D eigenvalue weighted by Crippen LogP contribution is 2.29. The van der Waals surface area contributed by atoms with Crippen LogP contribution in [0.25, 0.3) is 0 Å². The van der Waals surface area contributed by atoms with Gasteiger partial charge >= 0.3 is 0 Å². The lowest BCUT2D eigenvalue weighted by molar-refractivity contribution is 0.000535. The van der Waals surface area contributed by atoms with Gasteiger partial charge in [-0.25, -0.2) is 0 Å². The van der Waals surface area contributed by atoms with Crippen LogP contribution in [-0.2, 0) is 4.74 Å². The molecule has 1 rings (SSSR count). The zero-order chi connectivity index (χ0) is 12.8. The molecule has 1 aromatic carbocycles. The Kier molecular flexibility index (Phi) is 7.04. The first-order chi connectivity index (χ1) is 8.04. The van der Waals surface area contributed by atoms with Gasteiger partial charge in [0.1, 0.15) is 0 Å². The fourth-order valence-electron chi connectivity index (χ4n) is 1.93. The number of benzene rings is 1. The summed E-state index contributed by atoms with van der Waals surface area (Å²) in [5.74, 6) is 0.680. The second kappa shape index (κ2) is 7.74. The molecule has 0 aliphatic heterocycles. The molecule has 0 fully saturated rings. The molecular formula is C14H20BrIO. The molecule has 96 valence electrons. The molecule has 0 bridgehead atoms. The lowest BCUT2D eigenvalue weighted by Gasteiger charge is -2.23. The highest BCUT2D eigenvalue weighted by Gasteiger charge is 2.17. The Bertz CT molecular complexity index is 341. The van der Waals surface area contributed by atoms with Crippen molar-refractivity contribution in [1.82, 2.24) is 0 Å². The van der Waals surface area contributed by atoms with E-state index in [0.29, 0.717) is 12.0 Å². The molecule has 0 aromatic heterocycles. The molecule has 0 heterocycles. The molecular weight excluding hydrogens is 391 g/mol. The maximum atomic E-state index is 6.14. The van der Waals surface area contributed by atoms with Crippen molar-refractivity contribution in [2.45, 2.75) is 39.4 Å². The summed E-state index contributed by atoms with van der Waals surface area (Å²) in [6.45, 7) is 6.63. The fourth-order valence-corrected chi connectivity index (χ4v) is 3.15. The summed E-state index contributed by atoms with van der Waals surface area (Å²) in [4.78, 5) is 0. The van der Waals surface area contributed by atoms with Gasteiger partial charge in [0.25, 0.3) is 0 Å². The average molecular weight is 411 g/mol. The zero-order valence-corrected chi connectivity index (χ0v) is 14.4. The Morgan fingerprint density at radius 1 is 1.24 bits per heavy atom. The quantitative estimate of drug-likeness (QED) is 0.452. The number of ether oxygens (including phenoxy) is 1. The van der Waals surface area contributed by atoms with Gasteiger partial charge in [-0.3, -0.25) is 0 Å². The van der Waals surface area contributed by atoms with Crippen LogP contribution in [0.4, 0.5) is 0 Å². The van der Waals surface area contributed by atoms with E-state index in [4.69, 9.17) is 4.74 Å². The number of hydrogen-bond acceptors (Lipinski definition) is 1. The molecule has 1 nitrogen and oxygen atoms in total. The van der Waals surface area contributed by atoms with Crippen molar-refractivity contribution in [1.29, 1.82) is 0 Å². The van der Waals surface area contributed by atoms with Crippen LogP contribution in [0.5, 0.6) is 0 Å². The highest BCUT2D eigenvalue weighted by atomic mass is 127. The smallest absolute Gasteiger partial charge is 0.0928 e. The summed E-state index contributed by atoms with van der Waals surface area (Å²) >= 11 is 5.99. The zero-order valence-electron chi connectivity index (χ0n) is 10.6. The van der Waals surface area contributed by atoms with Gasteiger partial charge in [-0.05, 0) is 30.9 Å². The number of alkyl halides is 1. The first-order valence-corrected chi connectivity index (χ1v) is 8.32. The van der Waals surface area contributed by atoms with E-state index in [2.05, 4.69) is 77.5 Å². The van der Waals surface area contributed by atoms with Crippen molar-refractivity contribution >= 4 is 38.5 Å². The largest absolute Gasteiger partial charge is 0.370 e. The van der Waals surface area contributed by atoms with Gasteiger partial charge in [0.2, 0.25) is 0 Å². The third-order valence-corrected chi connectivity index (χ3v) is 4.11. The summed E-state index contributed by atoms with van der Waals surface area (Å²) in [7, 11) is 0. The van der Waals surface area contributed by atoms with Gasteiger partial charge in [-0.15, -0.1) is 0 Å². The van der Waals surface area contributed by atoms with Crippen LogP contribution in [0.1, 0.15) is 38.9 Å². The van der Waals surface area contributed by atoms with E-state index in [0.717, 1.165) is 15.3 Å². The van der Waals surface area contributed by atoms with Crippen LogP contribution in [0, 0.1) is 5.92 Å². The summed E-state index contributed by atoms with van der Waals surface area (Å²) < 4.78 is 8.25. The monoisotopic (exact) mass is 410 g/mol. The highest BCUT2D eigenvalue weighted by molar-refractivity contribution is 14.1.